The molecule has 0 spiro atoms. The summed E-state index contributed by atoms with van der Waals surface area (Å²) in [4.78, 5) is 0. The van der Waals surface area contributed by atoms with Crippen LogP contribution in [-0.2, 0) is 21.1 Å². The summed E-state index contributed by atoms with van der Waals surface area (Å²) in [6, 6.07) is 1.93. The number of aromatic nitrogens is 1. The molecule has 2 aromatic rings. The van der Waals surface area contributed by atoms with Crippen molar-refractivity contribution in [3.63, 3.8) is 0 Å². The van der Waals surface area contributed by atoms with Gasteiger partial charge in [-0.3, -0.25) is 0 Å². The predicted octanol–water partition coefficient (Wildman–Crippen LogP) is 2.20. The third kappa shape index (κ3) is 1.04. The van der Waals surface area contributed by atoms with E-state index in [0.717, 1.165) is 16.0 Å². The molecule has 56 valence electrons. The predicted molar refractivity (Wildman–Crippen MR) is 36.6 cm³/mol. The molecule has 0 bridgehead atoms. The molecule has 0 saturated heterocycles. The molecule has 0 atom stereocenters. The quantitative estimate of drug-likeness (QED) is 0.738. The Morgan fingerprint density at radius 1 is 1.60 bits per heavy atom. The summed E-state index contributed by atoms with van der Waals surface area (Å²) in [5.41, 5.74) is 1.92. The number of hydrogen-bond donors (Lipinski definition) is 0. The van der Waals surface area contributed by atoms with Crippen LogP contribution in [-0.4, -0.2) is 4.37 Å². The van der Waals surface area contributed by atoms with Crippen molar-refractivity contribution < 1.29 is 25.5 Å². The number of nitrogens with zero attached hydrogens (tertiary/aromatic N) is 1. The van der Waals surface area contributed by atoms with E-state index < -0.39 is 0 Å². The van der Waals surface area contributed by atoms with Gasteiger partial charge in [-0.1, -0.05) is 0 Å². The van der Waals surface area contributed by atoms with Gasteiger partial charge in [0.25, 0.3) is 0 Å². The molecular formula is C6H5NOPtS. The molecular weight excluding hydrogens is 329 g/mol. The number of hydrogen-bond acceptors (Lipinski definition) is 3. The van der Waals surface area contributed by atoms with E-state index in [0.29, 0.717) is 0 Å². The van der Waals surface area contributed by atoms with Crippen LogP contribution >= 0.6 is 11.5 Å². The monoisotopic (exact) mass is 334 g/mol. The maximum absolute atomic E-state index is 5.14. The van der Waals surface area contributed by atoms with E-state index in [1.807, 2.05) is 13.0 Å². The summed E-state index contributed by atoms with van der Waals surface area (Å²) in [5, 5.41) is 0. The number of furan rings is 1. The van der Waals surface area contributed by atoms with Crippen molar-refractivity contribution in [1.29, 1.82) is 0 Å². The van der Waals surface area contributed by atoms with Crippen LogP contribution in [0.15, 0.2) is 16.7 Å². The fraction of sp³-hybridized carbons (Fsp3) is 0.167. The summed E-state index contributed by atoms with van der Waals surface area (Å²) in [6.07, 6.45) is 1.69. The number of aryl methyl sites for hydroxylation is 1. The first kappa shape index (κ1) is 7.96. The Balaban J connectivity index is 0.000000500. The molecule has 0 saturated carbocycles. The van der Waals surface area contributed by atoms with Gasteiger partial charge < -0.3 is 4.42 Å². The minimum atomic E-state index is 0. The van der Waals surface area contributed by atoms with E-state index >= 15 is 0 Å². The minimum Gasteiger partial charge on any atom is -0.461 e. The van der Waals surface area contributed by atoms with E-state index in [1.165, 1.54) is 11.5 Å². The van der Waals surface area contributed by atoms with Gasteiger partial charge in [0, 0.05) is 21.1 Å². The van der Waals surface area contributed by atoms with Crippen molar-refractivity contribution in [3.05, 3.63) is 18.0 Å². The molecule has 0 fully saturated rings. The molecule has 0 amide bonds. The molecule has 2 aromatic heterocycles. The molecule has 2 nitrogen and oxygen atoms in total. The zero-order valence-corrected chi connectivity index (χ0v) is 8.32. The van der Waals surface area contributed by atoms with Crippen LogP contribution in [0.4, 0.5) is 0 Å². The van der Waals surface area contributed by atoms with Crippen LogP contribution in [0.5, 0.6) is 0 Å². The molecule has 2 rings (SSSR count). The topological polar surface area (TPSA) is 26.0 Å². The summed E-state index contributed by atoms with van der Waals surface area (Å²) in [6.45, 7) is 1.95. The van der Waals surface area contributed by atoms with Crippen molar-refractivity contribution >= 4 is 21.8 Å². The first-order valence-corrected chi connectivity index (χ1v) is 3.45. The first-order chi connectivity index (χ1) is 4.38. The van der Waals surface area contributed by atoms with Gasteiger partial charge in [0.05, 0.1) is 16.7 Å². The van der Waals surface area contributed by atoms with Crippen LogP contribution in [0.1, 0.15) is 5.69 Å². The van der Waals surface area contributed by atoms with Crippen LogP contribution < -0.4 is 0 Å². The van der Waals surface area contributed by atoms with Crippen LogP contribution in [0.2, 0.25) is 0 Å². The molecule has 2 heterocycles. The smallest absolute Gasteiger partial charge is 0.167 e. The Morgan fingerprint density at radius 3 is 3.10 bits per heavy atom. The molecule has 0 aliphatic heterocycles. The van der Waals surface area contributed by atoms with E-state index in [2.05, 4.69) is 4.37 Å². The van der Waals surface area contributed by atoms with Gasteiger partial charge in [-0.05, 0) is 24.5 Å². The van der Waals surface area contributed by atoms with Gasteiger partial charge in [0.15, 0.2) is 5.58 Å². The fourth-order valence-electron chi connectivity index (χ4n) is 0.792. The Kier molecular flexibility index (Phi) is 2.27. The maximum Gasteiger partial charge on any atom is 0.167 e. The van der Waals surface area contributed by atoms with Crippen LogP contribution in [0.3, 0.4) is 0 Å². The minimum absolute atomic E-state index is 0. The van der Waals surface area contributed by atoms with E-state index in [-0.39, 0.29) is 21.1 Å². The second kappa shape index (κ2) is 2.85. The van der Waals surface area contributed by atoms with Crippen LogP contribution in [0.25, 0.3) is 10.3 Å². The van der Waals surface area contributed by atoms with Gasteiger partial charge in [-0.2, -0.15) is 4.37 Å². The Morgan fingerprint density at radius 2 is 2.40 bits per heavy atom. The van der Waals surface area contributed by atoms with Crippen molar-refractivity contribution in [3.8, 4) is 0 Å². The molecule has 10 heavy (non-hydrogen) atoms. The second-order valence-electron chi connectivity index (χ2n) is 1.88. The average molecular weight is 334 g/mol. The van der Waals surface area contributed by atoms with Gasteiger partial charge >= 0.3 is 0 Å². The Labute approximate surface area is 76.7 Å². The van der Waals surface area contributed by atoms with Gasteiger partial charge in [-0.25, -0.2) is 0 Å². The normalized spacial score (nSPS) is 9.70. The van der Waals surface area contributed by atoms with Crippen molar-refractivity contribution in [2.45, 2.75) is 6.92 Å². The van der Waals surface area contributed by atoms with Crippen molar-refractivity contribution in [2.75, 3.05) is 0 Å². The molecule has 0 unspecified atom stereocenters. The number of fused-ring (bicyclic) bond motifs is 1. The summed E-state index contributed by atoms with van der Waals surface area (Å²) in [5.74, 6) is 0. The average Bonchev–Trinajstić information content (AvgIpc) is 2.35. The fourth-order valence-corrected chi connectivity index (χ4v) is 1.51. The summed E-state index contributed by atoms with van der Waals surface area (Å²) in [7, 11) is 0. The van der Waals surface area contributed by atoms with Crippen molar-refractivity contribution in [2.24, 2.45) is 0 Å². The maximum atomic E-state index is 5.14. The molecule has 4 heteroatoms. The SMILES string of the molecule is Cc1nsc2ccoc12.[Pt]. The van der Waals surface area contributed by atoms with E-state index in [1.54, 1.807) is 6.26 Å². The van der Waals surface area contributed by atoms with Crippen molar-refractivity contribution in [1.82, 2.24) is 4.37 Å². The molecule has 0 N–H and O–H groups in total. The van der Waals surface area contributed by atoms with E-state index in [4.69, 9.17) is 4.42 Å². The zero-order chi connectivity index (χ0) is 6.27. The molecule has 0 aliphatic rings. The van der Waals surface area contributed by atoms with E-state index in [9.17, 15) is 0 Å². The largest absolute Gasteiger partial charge is 0.461 e. The van der Waals surface area contributed by atoms with Gasteiger partial charge in [0.2, 0.25) is 0 Å². The third-order valence-corrected chi connectivity index (χ3v) is 2.12. The molecule has 0 aliphatic carbocycles. The van der Waals surface area contributed by atoms with Gasteiger partial charge in [-0.15, -0.1) is 0 Å². The zero-order valence-electron chi connectivity index (χ0n) is 5.23. The third-order valence-electron chi connectivity index (χ3n) is 1.24. The second-order valence-corrected chi connectivity index (χ2v) is 2.69. The van der Waals surface area contributed by atoms with Crippen LogP contribution in [0, 0.1) is 6.92 Å². The number of rotatable bonds is 0. The summed E-state index contributed by atoms with van der Waals surface area (Å²) >= 11 is 1.48. The van der Waals surface area contributed by atoms with Gasteiger partial charge in [0.1, 0.15) is 0 Å². The summed E-state index contributed by atoms with van der Waals surface area (Å²) < 4.78 is 10.4. The Bertz CT molecular complexity index is 327. The molecule has 0 radical (unpaired) electrons. The first-order valence-electron chi connectivity index (χ1n) is 2.67. The standard InChI is InChI=1S/C6H5NOS.Pt/c1-4-6-5(9-7-4)2-3-8-6;/h2-3H,1H3;. The Hall–Kier alpha value is -0.142. The molecule has 0 aromatic carbocycles.